The van der Waals surface area contributed by atoms with E-state index < -0.39 is 21.4 Å². The van der Waals surface area contributed by atoms with Crippen molar-refractivity contribution in [1.29, 1.82) is 0 Å². The number of halogens is 1. The molecular weight excluding hydrogens is 514 g/mol. The van der Waals surface area contributed by atoms with E-state index in [1.807, 2.05) is 0 Å². The molecule has 1 aliphatic rings. The van der Waals surface area contributed by atoms with Gasteiger partial charge in [-0.15, -0.1) is 10.2 Å². The van der Waals surface area contributed by atoms with Crippen molar-refractivity contribution in [2.75, 3.05) is 38.8 Å². The van der Waals surface area contributed by atoms with Crippen molar-refractivity contribution in [2.24, 2.45) is 0 Å². The van der Waals surface area contributed by atoms with Crippen LogP contribution in [0.4, 0.5) is 5.95 Å². The van der Waals surface area contributed by atoms with E-state index in [-0.39, 0.29) is 24.4 Å². The van der Waals surface area contributed by atoms with Crippen molar-refractivity contribution in [1.82, 2.24) is 29.7 Å². The maximum absolute atomic E-state index is 13.4. The monoisotopic (exact) mass is 539 g/mol. The first-order valence-corrected chi connectivity index (χ1v) is 12.9. The number of hydrogen-bond donors (Lipinski definition) is 1. The Hall–Kier alpha value is -2.91. The molecule has 36 heavy (non-hydrogen) atoms. The second-order valence-electron chi connectivity index (χ2n) is 7.86. The van der Waals surface area contributed by atoms with Crippen molar-refractivity contribution in [3.63, 3.8) is 0 Å². The molecule has 3 atom stereocenters. The van der Waals surface area contributed by atoms with Crippen LogP contribution in [0.2, 0.25) is 5.02 Å². The summed E-state index contributed by atoms with van der Waals surface area (Å²) in [6.07, 6.45) is 1.44. The lowest BCUT2D eigenvalue weighted by Gasteiger charge is -2.25. The van der Waals surface area contributed by atoms with Crippen LogP contribution in [0.1, 0.15) is 18.9 Å². The second-order valence-corrected chi connectivity index (χ2v) is 10.3. The van der Waals surface area contributed by atoms with Crippen LogP contribution in [-0.4, -0.2) is 83.5 Å². The number of aromatic nitrogens is 6. The van der Waals surface area contributed by atoms with E-state index in [0.29, 0.717) is 42.2 Å². The maximum Gasteiger partial charge on any atom is 0.240 e. The number of hydrogen-bond acceptors (Lipinski definition) is 11. The maximum atomic E-state index is 13.4. The lowest BCUT2D eigenvalue weighted by atomic mass is 10.2. The van der Waals surface area contributed by atoms with Gasteiger partial charge in [-0.1, -0.05) is 17.7 Å². The fourth-order valence-electron chi connectivity index (χ4n) is 3.60. The molecule has 0 aromatic carbocycles. The number of nitrogens with one attached hydrogen (secondary N) is 1. The quantitative estimate of drug-likeness (QED) is 0.400. The molecule has 0 aliphatic carbocycles. The van der Waals surface area contributed by atoms with Crippen LogP contribution in [0.25, 0.3) is 11.5 Å². The predicted molar refractivity (Wildman–Crippen MR) is 129 cm³/mol. The van der Waals surface area contributed by atoms with Gasteiger partial charge in [-0.3, -0.25) is 9.29 Å². The fraction of sp³-hybridized carbons (Fsp3) is 0.476. The Bertz CT molecular complexity index is 1270. The summed E-state index contributed by atoms with van der Waals surface area (Å²) < 4.78 is 52.8. The SMILES string of the molecule is COc1cccc(-c2nnc(NS(=O)(=O)[C@@H](C)[C@H](OC)c3ncc(Cl)cn3)n2C[C@@H]2COCCO2)n1. The average Bonchev–Trinajstić information content (AvgIpc) is 3.27. The summed E-state index contributed by atoms with van der Waals surface area (Å²) in [6, 6.07) is 5.17. The van der Waals surface area contributed by atoms with Gasteiger partial charge in [0, 0.05) is 25.6 Å². The van der Waals surface area contributed by atoms with Crippen LogP contribution in [0.3, 0.4) is 0 Å². The van der Waals surface area contributed by atoms with Crippen LogP contribution < -0.4 is 9.46 Å². The molecular formula is C21H26ClN7O6S. The minimum absolute atomic E-state index is 0.0116. The highest BCUT2D eigenvalue weighted by atomic mass is 35.5. The van der Waals surface area contributed by atoms with E-state index in [2.05, 4.69) is 29.9 Å². The van der Waals surface area contributed by atoms with Crippen molar-refractivity contribution in [3.8, 4) is 17.4 Å². The molecule has 3 aromatic heterocycles. The van der Waals surface area contributed by atoms with E-state index in [0.717, 1.165) is 0 Å². The van der Waals surface area contributed by atoms with Gasteiger partial charge in [-0.05, 0) is 13.0 Å². The van der Waals surface area contributed by atoms with Crippen LogP contribution in [0.15, 0.2) is 30.6 Å². The van der Waals surface area contributed by atoms with Gasteiger partial charge in [0.25, 0.3) is 0 Å². The van der Waals surface area contributed by atoms with Crippen LogP contribution in [-0.2, 0) is 30.8 Å². The summed E-state index contributed by atoms with van der Waals surface area (Å²) in [5, 5.41) is 7.54. The number of anilines is 1. The van der Waals surface area contributed by atoms with Crippen molar-refractivity contribution in [2.45, 2.75) is 30.9 Å². The molecule has 1 saturated heterocycles. The Morgan fingerprint density at radius 1 is 1.22 bits per heavy atom. The summed E-state index contributed by atoms with van der Waals surface area (Å²) in [4.78, 5) is 12.6. The summed E-state index contributed by atoms with van der Waals surface area (Å²) in [6.45, 7) is 2.96. The first-order valence-electron chi connectivity index (χ1n) is 11.0. The minimum atomic E-state index is -4.06. The molecule has 0 amide bonds. The highest BCUT2D eigenvalue weighted by molar-refractivity contribution is 7.93. The smallest absolute Gasteiger partial charge is 0.240 e. The Kier molecular flexibility index (Phi) is 8.31. The third-order valence-electron chi connectivity index (χ3n) is 5.48. The largest absolute Gasteiger partial charge is 0.481 e. The van der Waals surface area contributed by atoms with Gasteiger partial charge in [-0.25, -0.2) is 23.4 Å². The average molecular weight is 540 g/mol. The number of rotatable bonds is 10. The first kappa shape index (κ1) is 26.2. The molecule has 15 heteroatoms. The second kappa shape index (κ2) is 11.4. The number of methoxy groups -OCH3 is 2. The molecule has 1 fully saturated rings. The molecule has 0 bridgehead atoms. The number of pyridine rings is 1. The third-order valence-corrected chi connectivity index (χ3v) is 7.37. The van der Waals surface area contributed by atoms with E-state index in [1.54, 1.807) is 22.8 Å². The van der Waals surface area contributed by atoms with Gasteiger partial charge >= 0.3 is 0 Å². The van der Waals surface area contributed by atoms with E-state index in [4.69, 9.17) is 30.5 Å². The number of ether oxygens (including phenoxy) is 4. The van der Waals surface area contributed by atoms with E-state index in [1.165, 1.54) is 33.5 Å². The predicted octanol–water partition coefficient (Wildman–Crippen LogP) is 1.73. The highest BCUT2D eigenvalue weighted by Crippen LogP contribution is 2.27. The normalized spacial score (nSPS) is 17.9. The van der Waals surface area contributed by atoms with Crippen LogP contribution in [0.5, 0.6) is 5.88 Å². The van der Waals surface area contributed by atoms with E-state index >= 15 is 0 Å². The zero-order chi connectivity index (χ0) is 25.7. The van der Waals surface area contributed by atoms with Crippen LogP contribution >= 0.6 is 11.6 Å². The molecule has 1 aliphatic heterocycles. The Labute approximate surface area is 213 Å². The standard InChI is InChI=1S/C21H26ClN7O6S/c1-13(18(33-3)19-23-9-14(22)10-24-19)36(30,31)28-21-27-26-20(16-5-4-6-17(25-16)32-2)29(21)11-15-12-34-7-8-35-15/h4-6,9-10,13,15,18H,7-8,11-12H2,1-3H3,(H,27,28)/t13-,15+,18-/m0/s1. The molecule has 4 heterocycles. The van der Waals surface area contributed by atoms with Crippen LogP contribution in [0, 0.1) is 0 Å². The topological polar surface area (TPSA) is 152 Å². The van der Waals surface area contributed by atoms with Crippen molar-refractivity contribution in [3.05, 3.63) is 41.4 Å². The number of sulfonamides is 1. The zero-order valence-corrected chi connectivity index (χ0v) is 21.4. The molecule has 1 N–H and O–H groups in total. The number of nitrogens with zero attached hydrogens (tertiary/aromatic N) is 6. The zero-order valence-electron chi connectivity index (χ0n) is 19.9. The molecule has 0 saturated carbocycles. The molecule has 0 radical (unpaired) electrons. The van der Waals surface area contributed by atoms with Gasteiger partial charge in [0.1, 0.15) is 17.0 Å². The summed E-state index contributed by atoms with van der Waals surface area (Å²) >= 11 is 5.86. The molecule has 194 valence electrons. The molecule has 4 rings (SSSR count). The molecule has 0 spiro atoms. The summed E-state index contributed by atoms with van der Waals surface area (Å²) in [7, 11) is -1.18. The van der Waals surface area contributed by atoms with Gasteiger partial charge in [0.15, 0.2) is 11.6 Å². The van der Waals surface area contributed by atoms with Crippen molar-refractivity contribution >= 4 is 27.6 Å². The van der Waals surface area contributed by atoms with Gasteiger partial charge in [0.2, 0.25) is 21.9 Å². The third kappa shape index (κ3) is 5.90. The highest BCUT2D eigenvalue weighted by Gasteiger charge is 2.34. The molecule has 3 aromatic rings. The van der Waals surface area contributed by atoms with Gasteiger partial charge < -0.3 is 18.9 Å². The van der Waals surface area contributed by atoms with Gasteiger partial charge in [-0.2, -0.15) is 0 Å². The fourth-order valence-corrected chi connectivity index (χ4v) is 4.85. The molecule has 13 nitrogen and oxygen atoms in total. The summed E-state index contributed by atoms with van der Waals surface area (Å²) in [5.41, 5.74) is 0.446. The Morgan fingerprint density at radius 3 is 2.67 bits per heavy atom. The summed E-state index contributed by atoms with van der Waals surface area (Å²) in [5.74, 6) is 0.872. The lowest BCUT2D eigenvalue weighted by molar-refractivity contribution is -0.0932. The minimum Gasteiger partial charge on any atom is -0.481 e. The first-order chi connectivity index (χ1) is 17.3. The van der Waals surface area contributed by atoms with Crippen molar-refractivity contribution < 1.29 is 27.4 Å². The lowest BCUT2D eigenvalue weighted by Crippen LogP contribution is -2.35. The Morgan fingerprint density at radius 2 is 2.00 bits per heavy atom. The van der Waals surface area contributed by atoms with Gasteiger partial charge in [0.05, 0.1) is 44.6 Å². The molecule has 0 unspecified atom stereocenters. The van der Waals surface area contributed by atoms with E-state index in [9.17, 15) is 8.42 Å². The Balaban J connectivity index is 1.66.